The highest BCUT2D eigenvalue weighted by molar-refractivity contribution is 4.82. The van der Waals surface area contributed by atoms with E-state index in [0.29, 0.717) is 12.1 Å². The molecule has 0 saturated carbocycles. The molecule has 1 aliphatic rings. The van der Waals surface area contributed by atoms with Crippen LogP contribution in [0.2, 0.25) is 0 Å². The van der Waals surface area contributed by atoms with E-state index in [2.05, 4.69) is 30.7 Å². The van der Waals surface area contributed by atoms with Crippen LogP contribution in [0.25, 0.3) is 0 Å². The fourth-order valence-corrected chi connectivity index (χ4v) is 2.19. The van der Waals surface area contributed by atoms with Crippen molar-refractivity contribution in [1.29, 1.82) is 0 Å². The van der Waals surface area contributed by atoms with Crippen molar-refractivity contribution in [2.45, 2.75) is 38.8 Å². The van der Waals surface area contributed by atoms with E-state index in [1.165, 1.54) is 32.5 Å². The van der Waals surface area contributed by atoms with Gasteiger partial charge in [-0.05, 0) is 20.4 Å². The predicted octanol–water partition coefficient (Wildman–Crippen LogP) is 0.750. The Kier molecular flexibility index (Phi) is 4.85. The van der Waals surface area contributed by atoms with Gasteiger partial charge < -0.3 is 10.6 Å². The standard InChI is InChI=1S/C11H25N3/c1-4-5-11(8-12)14-7-6-13(3)10(2)9-14/h10-11H,4-9,12H2,1-3H3. The van der Waals surface area contributed by atoms with Gasteiger partial charge in [-0.1, -0.05) is 13.3 Å². The predicted molar refractivity (Wildman–Crippen MR) is 61.4 cm³/mol. The Bertz CT molecular complexity index is 161. The summed E-state index contributed by atoms with van der Waals surface area (Å²) in [6.45, 7) is 8.89. The number of nitrogens with zero attached hydrogens (tertiary/aromatic N) is 2. The van der Waals surface area contributed by atoms with Crippen molar-refractivity contribution in [3.63, 3.8) is 0 Å². The maximum atomic E-state index is 5.81. The smallest absolute Gasteiger partial charge is 0.0219 e. The van der Waals surface area contributed by atoms with Crippen LogP contribution < -0.4 is 5.73 Å². The molecule has 0 aliphatic carbocycles. The van der Waals surface area contributed by atoms with Crippen LogP contribution in [0.3, 0.4) is 0 Å². The van der Waals surface area contributed by atoms with Crippen LogP contribution in [0.5, 0.6) is 0 Å². The van der Waals surface area contributed by atoms with E-state index in [1.807, 2.05) is 0 Å². The third-order valence-electron chi connectivity index (χ3n) is 3.40. The normalized spacial score (nSPS) is 27.9. The van der Waals surface area contributed by atoms with Gasteiger partial charge in [-0.15, -0.1) is 0 Å². The molecule has 1 aliphatic heterocycles. The number of nitrogens with two attached hydrogens (primary N) is 1. The van der Waals surface area contributed by atoms with Crippen LogP contribution in [0.1, 0.15) is 26.7 Å². The highest BCUT2D eigenvalue weighted by atomic mass is 15.3. The van der Waals surface area contributed by atoms with Gasteiger partial charge in [0.15, 0.2) is 0 Å². The lowest BCUT2D eigenvalue weighted by Crippen LogP contribution is -2.55. The van der Waals surface area contributed by atoms with E-state index >= 15 is 0 Å². The Morgan fingerprint density at radius 1 is 1.43 bits per heavy atom. The summed E-state index contributed by atoms with van der Waals surface area (Å²) < 4.78 is 0. The average Bonchev–Trinajstić information content (AvgIpc) is 2.19. The van der Waals surface area contributed by atoms with Gasteiger partial charge in [0.25, 0.3) is 0 Å². The lowest BCUT2D eigenvalue weighted by atomic mass is 10.1. The number of hydrogen-bond acceptors (Lipinski definition) is 3. The van der Waals surface area contributed by atoms with E-state index in [-0.39, 0.29) is 0 Å². The third-order valence-corrected chi connectivity index (χ3v) is 3.40. The second kappa shape index (κ2) is 5.69. The molecule has 2 N–H and O–H groups in total. The average molecular weight is 199 g/mol. The van der Waals surface area contributed by atoms with Gasteiger partial charge >= 0.3 is 0 Å². The summed E-state index contributed by atoms with van der Waals surface area (Å²) in [5.74, 6) is 0. The minimum absolute atomic E-state index is 0.608. The number of piperazine rings is 1. The van der Waals surface area contributed by atoms with Crippen molar-refractivity contribution in [2.24, 2.45) is 5.73 Å². The summed E-state index contributed by atoms with van der Waals surface area (Å²) in [4.78, 5) is 4.99. The zero-order chi connectivity index (χ0) is 10.6. The fraction of sp³-hybridized carbons (Fsp3) is 1.00. The zero-order valence-electron chi connectivity index (χ0n) is 9.87. The van der Waals surface area contributed by atoms with Gasteiger partial charge in [-0.2, -0.15) is 0 Å². The van der Waals surface area contributed by atoms with Crippen LogP contribution >= 0.6 is 0 Å². The molecule has 14 heavy (non-hydrogen) atoms. The van der Waals surface area contributed by atoms with E-state index in [4.69, 9.17) is 5.73 Å². The van der Waals surface area contributed by atoms with E-state index in [9.17, 15) is 0 Å². The van der Waals surface area contributed by atoms with Crippen LogP contribution in [0, 0.1) is 0 Å². The molecule has 84 valence electrons. The van der Waals surface area contributed by atoms with Crippen molar-refractivity contribution in [3.8, 4) is 0 Å². The maximum absolute atomic E-state index is 5.81. The quantitative estimate of drug-likeness (QED) is 0.725. The highest BCUT2D eigenvalue weighted by Gasteiger charge is 2.24. The molecule has 1 fully saturated rings. The van der Waals surface area contributed by atoms with E-state index in [0.717, 1.165) is 6.54 Å². The Morgan fingerprint density at radius 3 is 2.64 bits per heavy atom. The molecular weight excluding hydrogens is 174 g/mol. The summed E-state index contributed by atoms with van der Waals surface area (Å²) in [7, 11) is 2.21. The van der Waals surface area contributed by atoms with Crippen molar-refractivity contribution in [2.75, 3.05) is 33.2 Å². The number of rotatable bonds is 4. The molecule has 2 atom stereocenters. The molecular formula is C11H25N3. The minimum Gasteiger partial charge on any atom is -0.329 e. The molecule has 0 bridgehead atoms. The van der Waals surface area contributed by atoms with Gasteiger partial charge in [-0.3, -0.25) is 4.90 Å². The lowest BCUT2D eigenvalue weighted by molar-refractivity contribution is 0.0710. The zero-order valence-corrected chi connectivity index (χ0v) is 9.87. The van der Waals surface area contributed by atoms with Crippen LogP contribution in [-0.2, 0) is 0 Å². The summed E-state index contributed by atoms with van der Waals surface area (Å²) >= 11 is 0. The van der Waals surface area contributed by atoms with Gasteiger partial charge in [0.1, 0.15) is 0 Å². The molecule has 0 aromatic heterocycles. The summed E-state index contributed by atoms with van der Waals surface area (Å²) in [6.07, 6.45) is 2.48. The van der Waals surface area contributed by atoms with Crippen molar-refractivity contribution in [3.05, 3.63) is 0 Å². The molecule has 0 spiro atoms. The van der Waals surface area contributed by atoms with Crippen molar-refractivity contribution >= 4 is 0 Å². The second-order valence-corrected chi connectivity index (χ2v) is 4.50. The van der Waals surface area contributed by atoms with Gasteiger partial charge in [-0.25, -0.2) is 0 Å². The first kappa shape index (κ1) is 12.0. The summed E-state index contributed by atoms with van der Waals surface area (Å²) in [5.41, 5.74) is 5.81. The molecule has 3 heteroatoms. The number of hydrogen-bond donors (Lipinski definition) is 1. The summed E-state index contributed by atoms with van der Waals surface area (Å²) in [6, 6.07) is 1.28. The lowest BCUT2D eigenvalue weighted by Gasteiger charge is -2.41. The fourth-order valence-electron chi connectivity index (χ4n) is 2.19. The van der Waals surface area contributed by atoms with Crippen LogP contribution in [0.15, 0.2) is 0 Å². The molecule has 1 saturated heterocycles. The van der Waals surface area contributed by atoms with Crippen LogP contribution in [-0.4, -0.2) is 55.1 Å². The summed E-state index contributed by atoms with van der Waals surface area (Å²) in [5, 5.41) is 0. The van der Waals surface area contributed by atoms with Crippen LogP contribution in [0.4, 0.5) is 0 Å². The van der Waals surface area contributed by atoms with Crippen molar-refractivity contribution < 1.29 is 0 Å². The molecule has 0 radical (unpaired) electrons. The Hall–Kier alpha value is -0.120. The molecule has 0 aromatic carbocycles. The Balaban J connectivity index is 2.43. The molecule has 0 amide bonds. The monoisotopic (exact) mass is 199 g/mol. The Labute approximate surface area is 88.2 Å². The highest BCUT2D eigenvalue weighted by Crippen LogP contribution is 2.13. The first-order chi connectivity index (χ1) is 6.69. The first-order valence-corrected chi connectivity index (χ1v) is 5.83. The molecule has 0 aromatic rings. The van der Waals surface area contributed by atoms with Crippen molar-refractivity contribution in [1.82, 2.24) is 9.80 Å². The van der Waals surface area contributed by atoms with E-state index in [1.54, 1.807) is 0 Å². The minimum atomic E-state index is 0.608. The third kappa shape index (κ3) is 2.94. The van der Waals surface area contributed by atoms with E-state index < -0.39 is 0 Å². The van der Waals surface area contributed by atoms with Gasteiger partial charge in [0.2, 0.25) is 0 Å². The largest absolute Gasteiger partial charge is 0.329 e. The first-order valence-electron chi connectivity index (χ1n) is 5.83. The maximum Gasteiger partial charge on any atom is 0.0219 e. The Morgan fingerprint density at radius 2 is 2.14 bits per heavy atom. The molecule has 2 unspecified atom stereocenters. The molecule has 1 rings (SSSR count). The van der Waals surface area contributed by atoms with Gasteiger partial charge in [0, 0.05) is 38.3 Å². The second-order valence-electron chi connectivity index (χ2n) is 4.50. The molecule has 3 nitrogen and oxygen atoms in total. The SMILES string of the molecule is CCCC(CN)N1CCN(C)C(C)C1. The van der Waals surface area contributed by atoms with Gasteiger partial charge in [0.05, 0.1) is 0 Å². The molecule has 1 heterocycles. The topological polar surface area (TPSA) is 32.5 Å². The number of likely N-dealkylation sites (N-methyl/N-ethyl adjacent to an activating group) is 1.